The Bertz CT molecular complexity index is 1130. The fourth-order valence-electron chi connectivity index (χ4n) is 2.75. The largest absolute Gasteiger partial charge is 0.492 e. The van der Waals surface area contributed by atoms with Gasteiger partial charge in [0, 0.05) is 5.02 Å². The summed E-state index contributed by atoms with van der Waals surface area (Å²) in [5.41, 5.74) is -0.209. The molecule has 3 aromatic carbocycles. The van der Waals surface area contributed by atoms with E-state index < -0.39 is 28.3 Å². The summed E-state index contributed by atoms with van der Waals surface area (Å²) < 4.78 is 46.9. The average Bonchev–Trinajstić information content (AvgIpc) is 2.77. The Labute approximate surface area is 185 Å². The predicted octanol–water partition coefficient (Wildman–Crippen LogP) is 3.87. The van der Waals surface area contributed by atoms with Crippen molar-refractivity contribution in [2.45, 2.75) is 4.90 Å². The number of hydrogen-bond acceptors (Lipinski definition) is 4. The van der Waals surface area contributed by atoms with Crippen molar-refractivity contribution in [1.82, 2.24) is 5.32 Å². The Hall–Kier alpha value is -3.10. The van der Waals surface area contributed by atoms with Gasteiger partial charge in [-0.05, 0) is 48.5 Å². The fourth-order valence-corrected chi connectivity index (χ4v) is 4.33. The van der Waals surface area contributed by atoms with Crippen LogP contribution in [0.1, 0.15) is 0 Å². The Morgan fingerprint density at radius 2 is 1.61 bits per heavy atom. The second kappa shape index (κ2) is 10.3. The van der Waals surface area contributed by atoms with Crippen molar-refractivity contribution in [3.63, 3.8) is 0 Å². The molecule has 1 N–H and O–H groups in total. The number of rotatable bonds is 9. The van der Waals surface area contributed by atoms with Crippen LogP contribution in [0.2, 0.25) is 5.02 Å². The molecule has 1 amide bonds. The first-order valence-electron chi connectivity index (χ1n) is 9.35. The Morgan fingerprint density at radius 1 is 0.968 bits per heavy atom. The van der Waals surface area contributed by atoms with Crippen LogP contribution in [-0.4, -0.2) is 34.0 Å². The molecule has 31 heavy (non-hydrogen) atoms. The first kappa shape index (κ1) is 22.6. The second-order valence-electron chi connectivity index (χ2n) is 6.43. The average molecular weight is 463 g/mol. The molecule has 0 aromatic heterocycles. The molecule has 3 aromatic rings. The lowest BCUT2D eigenvalue weighted by atomic mass is 10.3. The quantitative estimate of drug-likeness (QED) is 0.490. The van der Waals surface area contributed by atoms with E-state index in [2.05, 4.69) is 5.32 Å². The summed E-state index contributed by atoms with van der Waals surface area (Å²) in [6.07, 6.45) is 0. The van der Waals surface area contributed by atoms with Gasteiger partial charge in [-0.15, -0.1) is 0 Å². The van der Waals surface area contributed by atoms with Crippen LogP contribution in [0, 0.1) is 5.82 Å². The van der Waals surface area contributed by atoms with Crippen LogP contribution < -0.4 is 14.4 Å². The van der Waals surface area contributed by atoms with Crippen LogP contribution in [-0.2, 0) is 14.8 Å². The SMILES string of the molecule is O=C(CN(c1ccccc1F)S(=O)(=O)c1ccccc1)NCCOc1ccc(Cl)cc1. The molecule has 0 radical (unpaired) electrons. The highest BCUT2D eigenvalue weighted by molar-refractivity contribution is 7.92. The number of ether oxygens (including phenoxy) is 1. The van der Waals surface area contributed by atoms with Crippen molar-refractivity contribution in [1.29, 1.82) is 0 Å². The summed E-state index contributed by atoms with van der Waals surface area (Å²) in [5.74, 6) is -0.762. The van der Waals surface area contributed by atoms with E-state index in [0.717, 1.165) is 10.4 Å². The highest BCUT2D eigenvalue weighted by Crippen LogP contribution is 2.25. The molecule has 0 aliphatic rings. The van der Waals surface area contributed by atoms with E-state index in [1.165, 1.54) is 30.3 Å². The predicted molar refractivity (Wildman–Crippen MR) is 117 cm³/mol. The van der Waals surface area contributed by atoms with Gasteiger partial charge in [0.25, 0.3) is 10.0 Å². The van der Waals surface area contributed by atoms with Crippen LogP contribution >= 0.6 is 11.6 Å². The maximum absolute atomic E-state index is 14.4. The lowest BCUT2D eigenvalue weighted by Crippen LogP contribution is -2.42. The molecule has 3 rings (SSSR count). The van der Waals surface area contributed by atoms with Gasteiger partial charge in [0.15, 0.2) is 0 Å². The van der Waals surface area contributed by atoms with Crippen molar-refractivity contribution < 1.29 is 22.3 Å². The van der Waals surface area contributed by atoms with Crippen molar-refractivity contribution in [2.24, 2.45) is 0 Å². The summed E-state index contributed by atoms with van der Waals surface area (Å²) >= 11 is 5.81. The van der Waals surface area contributed by atoms with E-state index in [1.54, 1.807) is 42.5 Å². The minimum Gasteiger partial charge on any atom is -0.492 e. The Kier molecular flexibility index (Phi) is 7.49. The van der Waals surface area contributed by atoms with Crippen molar-refractivity contribution >= 4 is 33.2 Å². The smallest absolute Gasteiger partial charge is 0.264 e. The number of hydrogen-bond donors (Lipinski definition) is 1. The lowest BCUT2D eigenvalue weighted by Gasteiger charge is -2.24. The number of halogens is 2. The first-order valence-corrected chi connectivity index (χ1v) is 11.2. The zero-order valence-corrected chi connectivity index (χ0v) is 17.9. The maximum atomic E-state index is 14.4. The van der Waals surface area contributed by atoms with Crippen LogP contribution in [0.15, 0.2) is 83.8 Å². The minimum absolute atomic E-state index is 0.0443. The van der Waals surface area contributed by atoms with Crippen LogP contribution in [0.4, 0.5) is 10.1 Å². The van der Waals surface area contributed by atoms with Gasteiger partial charge in [-0.2, -0.15) is 0 Å². The fraction of sp³-hybridized carbons (Fsp3) is 0.136. The number of benzene rings is 3. The molecule has 0 bridgehead atoms. The normalized spacial score (nSPS) is 11.0. The molecule has 0 fully saturated rings. The van der Waals surface area contributed by atoms with Gasteiger partial charge in [0.05, 0.1) is 17.1 Å². The summed E-state index contributed by atoms with van der Waals surface area (Å²) in [6.45, 7) is -0.282. The molecule has 6 nitrogen and oxygen atoms in total. The van der Waals surface area contributed by atoms with E-state index in [1.807, 2.05) is 0 Å². The highest BCUT2D eigenvalue weighted by atomic mass is 35.5. The van der Waals surface area contributed by atoms with E-state index in [-0.39, 0.29) is 23.7 Å². The zero-order valence-electron chi connectivity index (χ0n) is 16.4. The highest BCUT2D eigenvalue weighted by Gasteiger charge is 2.28. The second-order valence-corrected chi connectivity index (χ2v) is 8.73. The summed E-state index contributed by atoms with van der Waals surface area (Å²) in [7, 11) is -4.16. The number of carbonyl (C=O) groups excluding carboxylic acids is 1. The number of carbonyl (C=O) groups is 1. The first-order chi connectivity index (χ1) is 14.9. The molecule has 0 saturated carbocycles. The van der Waals surface area contributed by atoms with E-state index in [9.17, 15) is 17.6 Å². The number of nitrogens with one attached hydrogen (secondary N) is 1. The maximum Gasteiger partial charge on any atom is 0.264 e. The lowest BCUT2D eigenvalue weighted by molar-refractivity contribution is -0.119. The Morgan fingerprint density at radius 3 is 2.29 bits per heavy atom. The Balaban J connectivity index is 1.69. The van der Waals surface area contributed by atoms with E-state index >= 15 is 0 Å². The minimum atomic E-state index is -4.16. The third-order valence-electron chi connectivity index (χ3n) is 4.25. The molecule has 0 spiro atoms. The molecule has 0 unspecified atom stereocenters. The van der Waals surface area contributed by atoms with Crippen LogP contribution in [0.25, 0.3) is 0 Å². The number of anilines is 1. The van der Waals surface area contributed by atoms with Gasteiger partial charge in [0.1, 0.15) is 24.7 Å². The molecule has 0 aliphatic carbocycles. The van der Waals surface area contributed by atoms with Gasteiger partial charge >= 0.3 is 0 Å². The number of nitrogens with zero attached hydrogens (tertiary/aromatic N) is 1. The summed E-state index contributed by atoms with van der Waals surface area (Å²) in [6, 6.07) is 19.7. The topological polar surface area (TPSA) is 75.7 Å². The molecule has 9 heteroatoms. The van der Waals surface area contributed by atoms with E-state index in [0.29, 0.717) is 10.8 Å². The third-order valence-corrected chi connectivity index (χ3v) is 6.27. The molecule has 0 saturated heterocycles. The molecular weight excluding hydrogens is 443 g/mol. The van der Waals surface area contributed by atoms with Gasteiger partial charge in [-0.25, -0.2) is 12.8 Å². The summed E-state index contributed by atoms with van der Waals surface area (Å²) in [4.78, 5) is 12.4. The number of amides is 1. The molecule has 0 atom stereocenters. The summed E-state index contributed by atoms with van der Waals surface area (Å²) in [5, 5.41) is 3.17. The number of para-hydroxylation sites is 1. The molecular formula is C22H20ClFN2O4S. The standard InChI is InChI=1S/C22H20ClFN2O4S/c23-17-10-12-18(13-11-17)30-15-14-25-22(27)16-26(21-9-5-4-8-20(21)24)31(28,29)19-6-2-1-3-7-19/h1-13H,14-16H2,(H,25,27). The molecule has 162 valence electrons. The van der Waals surface area contributed by atoms with Gasteiger partial charge in [-0.3, -0.25) is 9.10 Å². The molecule has 0 aliphatic heterocycles. The van der Waals surface area contributed by atoms with Gasteiger partial charge in [0.2, 0.25) is 5.91 Å². The van der Waals surface area contributed by atoms with Crippen molar-refractivity contribution in [3.05, 3.63) is 89.7 Å². The van der Waals surface area contributed by atoms with Crippen LogP contribution in [0.3, 0.4) is 0 Å². The van der Waals surface area contributed by atoms with Crippen LogP contribution in [0.5, 0.6) is 5.75 Å². The monoisotopic (exact) mass is 462 g/mol. The van der Waals surface area contributed by atoms with Gasteiger partial charge in [-0.1, -0.05) is 41.9 Å². The number of sulfonamides is 1. The zero-order chi connectivity index (χ0) is 22.3. The third kappa shape index (κ3) is 5.96. The van der Waals surface area contributed by atoms with Crippen molar-refractivity contribution in [2.75, 3.05) is 24.0 Å². The van der Waals surface area contributed by atoms with Gasteiger partial charge < -0.3 is 10.1 Å². The van der Waals surface area contributed by atoms with Crippen molar-refractivity contribution in [3.8, 4) is 5.75 Å². The molecule has 0 heterocycles. The van der Waals surface area contributed by atoms with E-state index in [4.69, 9.17) is 16.3 Å².